The fourth-order valence-corrected chi connectivity index (χ4v) is 1.80. The van der Waals surface area contributed by atoms with E-state index in [1.165, 1.54) is 0 Å². The fraction of sp³-hybridized carbons (Fsp3) is 0.214. The van der Waals surface area contributed by atoms with Crippen molar-refractivity contribution in [3.8, 4) is 11.4 Å². The number of hydrogen-bond acceptors (Lipinski definition) is 3. The van der Waals surface area contributed by atoms with Gasteiger partial charge in [0.05, 0.1) is 0 Å². The van der Waals surface area contributed by atoms with Crippen LogP contribution in [0.15, 0.2) is 42.7 Å². The Hall–Kier alpha value is -2.50. The maximum absolute atomic E-state index is 12.5. The quantitative estimate of drug-likeness (QED) is 0.843. The van der Waals surface area contributed by atoms with E-state index in [4.69, 9.17) is 0 Å². The Morgan fingerprint density at radius 2 is 2.05 bits per heavy atom. The van der Waals surface area contributed by atoms with Crippen molar-refractivity contribution in [1.29, 1.82) is 0 Å². The summed E-state index contributed by atoms with van der Waals surface area (Å²) >= 11 is 0. The summed E-state index contributed by atoms with van der Waals surface area (Å²) in [5, 5.41) is 10.6. The Kier molecular flexibility index (Phi) is 4.24. The number of amides is 1. The summed E-state index contributed by atoms with van der Waals surface area (Å²) in [5.41, 5.74) is 0.968. The summed E-state index contributed by atoms with van der Waals surface area (Å²) in [5.74, 6) is -0.321. The van der Waals surface area contributed by atoms with E-state index in [-0.39, 0.29) is 6.54 Å². The topological polar surface area (TPSA) is 59.8 Å². The van der Waals surface area contributed by atoms with E-state index in [9.17, 15) is 9.18 Å². The highest BCUT2D eigenvalue weighted by molar-refractivity contribution is 5.90. The third-order valence-corrected chi connectivity index (χ3v) is 2.88. The minimum Gasteiger partial charge on any atom is -0.350 e. The van der Waals surface area contributed by atoms with E-state index in [0.717, 1.165) is 11.4 Å². The number of rotatable bonds is 5. The van der Waals surface area contributed by atoms with Gasteiger partial charge in [-0.2, -0.15) is 0 Å². The molecule has 0 saturated carbocycles. The van der Waals surface area contributed by atoms with E-state index in [2.05, 4.69) is 22.1 Å². The van der Waals surface area contributed by atoms with Crippen molar-refractivity contribution in [2.24, 2.45) is 7.05 Å². The first-order chi connectivity index (χ1) is 9.59. The molecule has 2 aromatic rings. The lowest BCUT2D eigenvalue weighted by Gasteiger charge is -2.05. The average Bonchev–Trinajstić information content (AvgIpc) is 2.81. The first kappa shape index (κ1) is 13.9. The maximum Gasteiger partial charge on any atom is 0.279 e. The van der Waals surface area contributed by atoms with Crippen LogP contribution in [0.4, 0.5) is 4.39 Å². The Labute approximate surface area is 116 Å². The molecule has 0 fully saturated rings. The summed E-state index contributed by atoms with van der Waals surface area (Å²) in [4.78, 5) is 11.0. The molecule has 104 valence electrons. The molecule has 1 heterocycles. The van der Waals surface area contributed by atoms with Crippen LogP contribution in [-0.4, -0.2) is 27.2 Å². The van der Waals surface area contributed by atoms with Crippen LogP contribution in [-0.2, 0) is 18.3 Å². The monoisotopic (exact) mass is 274 g/mol. The first-order valence-electron chi connectivity index (χ1n) is 6.16. The number of carbonyl (C=O) groups excluding carboxylic acids is 1. The summed E-state index contributed by atoms with van der Waals surface area (Å²) in [7, 11) is 1.85. The van der Waals surface area contributed by atoms with Gasteiger partial charge in [-0.3, -0.25) is 4.79 Å². The van der Waals surface area contributed by atoms with Crippen molar-refractivity contribution >= 4 is 5.91 Å². The largest absolute Gasteiger partial charge is 0.350 e. The average molecular weight is 274 g/mol. The zero-order valence-corrected chi connectivity index (χ0v) is 11.1. The highest BCUT2D eigenvalue weighted by Crippen LogP contribution is 2.16. The summed E-state index contributed by atoms with van der Waals surface area (Å²) in [6.07, 6.45) is 0.468. The van der Waals surface area contributed by atoms with Gasteiger partial charge in [0.15, 0.2) is 11.7 Å². The number of carbonyl (C=O) groups is 1. The molecule has 6 heteroatoms. The lowest BCUT2D eigenvalue weighted by Crippen LogP contribution is -2.26. The van der Waals surface area contributed by atoms with Crippen LogP contribution < -0.4 is 5.32 Å². The molecule has 1 amide bonds. The molecule has 0 spiro atoms. The number of halogens is 1. The third kappa shape index (κ3) is 3.09. The molecular formula is C14H15FN4O. The molecule has 2 rings (SSSR count). The second kappa shape index (κ2) is 6.10. The number of nitrogens with one attached hydrogen (secondary N) is 1. The number of benzene rings is 1. The first-order valence-corrected chi connectivity index (χ1v) is 6.16. The minimum absolute atomic E-state index is 0.280. The van der Waals surface area contributed by atoms with Gasteiger partial charge in [-0.25, -0.2) is 4.39 Å². The van der Waals surface area contributed by atoms with Gasteiger partial charge in [0.2, 0.25) is 0 Å². The van der Waals surface area contributed by atoms with Crippen LogP contribution in [0.3, 0.4) is 0 Å². The predicted molar refractivity (Wildman–Crippen MR) is 73.4 cm³/mol. The second-order valence-electron chi connectivity index (χ2n) is 4.28. The molecule has 1 aromatic carbocycles. The molecule has 0 aliphatic carbocycles. The standard InChI is InChI=1S/C14H15FN4O/c1-10(15)14(20)16-9-8-12-17-18-13(19(12)2)11-6-4-3-5-7-11/h3-7H,1,8-9H2,2H3,(H,16,20). The molecule has 0 aliphatic rings. The van der Waals surface area contributed by atoms with Gasteiger partial charge < -0.3 is 9.88 Å². The van der Waals surface area contributed by atoms with Gasteiger partial charge in [0.1, 0.15) is 5.82 Å². The van der Waals surface area contributed by atoms with E-state index in [0.29, 0.717) is 12.2 Å². The maximum atomic E-state index is 12.5. The summed E-state index contributed by atoms with van der Waals surface area (Å²) in [6.45, 7) is 3.21. The molecule has 0 bridgehead atoms. The van der Waals surface area contributed by atoms with E-state index in [1.54, 1.807) is 0 Å². The predicted octanol–water partition coefficient (Wildman–Crippen LogP) is 1.62. The van der Waals surface area contributed by atoms with Gasteiger partial charge >= 0.3 is 0 Å². The second-order valence-corrected chi connectivity index (χ2v) is 4.28. The molecule has 0 aliphatic heterocycles. The Bertz CT molecular complexity index is 621. The van der Waals surface area contributed by atoms with Crippen molar-refractivity contribution in [3.05, 3.63) is 48.6 Å². The third-order valence-electron chi connectivity index (χ3n) is 2.88. The number of nitrogens with zero attached hydrogens (tertiary/aromatic N) is 3. The highest BCUT2D eigenvalue weighted by Gasteiger charge is 2.11. The van der Waals surface area contributed by atoms with Gasteiger partial charge in [-0.05, 0) is 0 Å². The molecule has 0 unspecified atom stereocenters. The molecule has 5 nitrogen and oxygen atoms in total. The summed E-state index contributed by atoms with van der Waals surface area (Å²) < 4.78 is 14.3. The molecule has 20 heavy (non-hydrogen) atoms. The van der Waals surface area contributed by atoms with Crippen molar-refractivity contribution in [3.63, 3.8) is 0 Å². The Morgan fingerprint density at radius 3 is 2.70 bits per heavy atom. The molecule has 0 atom stereocenters. The number of aromatic nitrogens is 3. The highest BCUT2D eigenvalue weighted by atomic mass is 19.1. The van der Waals surface area contributed by atoms with Crippen molar-refractivity contribution in [1.82, 2.24) is 20.1 Å². The van der Waals surface area contributed by atoms with Crippen LogP contribution in [0.25, 0.3) is 11.4 Å². The van der Waals surface area contributed by atoms with Crippen molar-refractivity contribution < 1.29 is 9.18 Å². The van der Waals surface area contributed by atoms with Gasteiger partial charge in [0, 0.05) is 25.6 Å². The van der Waals surface area contributed by atoms with Crippen LogP contribution in [0.1, 0.15) is 5.82 Å². The molecular weight excluding hydrogens is 259 g/mol. The fourth-order valence-electron chi connectivity index (χ4n) is 1.80. The zero-order chi connectivity index (χ0) is 14.5. The molecule has 0 radical (unpaired) electrons. The minimum atomic E-state index is -0.993. The summed E-state index contributed by atoms with van der Waals surface area (Å²) in [6, 6.07) is 9.68. The van der Waals surface area contributed by atoms with Gasteiger partial charge in [-0.15, -0.1) is 10.2 Å². The molecule has 0 saturated heterocycles. The normalized spacial score (nSPS) is 10.3. The van der Waals surface area contributed by atoms with Crippen molar-refractivity contribution in [2.45, 2.75) is 6.42 Å². The van der Waals surface area contributed by atoms with Crippen LogP contribution >= 0.6 is 0 Å². The van der Waals surface area contributed by atoms with E-state index in [1.807, 2.05) is 41.9 Å². The van der Waals surface area contributed by atoms with E-state index >= 15 is 0 Å². The SMILES string of the molecule is C=C(F)C(=O)NCCc1nnc(-c2ccccc2)n1C. The lowest BCUT2D eigenvalue weighted by atomic mass is 10.2. The molecule has 1 N–H and O–H groups in total. The molecule has 1 aromatic heterocycles. The Morgan fingerprint density at radius 1 is 1.35 bits per heavy atom. The smallest absolute Gasteiger partial charge is 0.279 e. The van der Waals surface area contributed by atoms with E-state index < -0.39 is 11.7 Å². The lowest BCUT2D eigenvalue weighted by molar-refractivity contribution is -0.118. The van der Waals surface area contributed by atoms with Gasteiger partial charge in [0.25, 0.3) is 5.91 Å². The van der Waals surface area contributed by atoms with Crippen molar-refractivity contribution in [2.75, 3.05) is 6.54 Å². The Balaban J connectivity index is 2.03. The van der Waals surface area contributed by atoms with Crippen LogP contribution in [0, 0.1) is 0 Å². The zero-order valence-electron chi connectivity index (χ0n) is 11.1. The van der Waals surface area contributed by atoms with Crippen LogP contribution in [0.2, 0.25) is 0 Å². The number of hydrogen-bond donors (Lipinski definition) is 1. The van der Waals surface area contributed by atoms with Gasteiger partial charge in [-0.1, -0.05) is 36.9 Å². The van der Waals surface area contributed by atoms with Crippen LogP contribution in [0.5, 0.6) is 0 Å².